The maximum atomic E-state index is 15.4. The van der Waals surface area contributed by atoms with Crippen molar-refractivity contribution < 1.29 is 33.7 Å². The van der Waals surface area contributed by atoms with Crippen molar-refractivity contribution in [1.82, 2.24) is 4.90 Å². The number of methoxy groups -OCH3 is 2. The fourth-order valence-electron chi connectivity index (χ4n) is 9.63. The molecule has 3 aliphatic rings. The molecule has 0 radical (unpaired) electrons. The fourth-order valence-corrected chi connectivity index (χ4v) is 13.6. The van der Waals surface area contributed by atoms with Gasteiger partial charge >= 0.3 is 0 Å². The first-order chi connectivity index (χ1) is 28.0. The number of nitrogens with one attached hydrogen (secondary N) is 1. The zero-order valence-electron chi connectivity index (χ0n) is 33.5. The van der Waals surface area contributed by atoms with Crippen LogP contribution in [0.3, 0.4) is 0 Å². The molecule has 3 aliphatic heterocycles. The van der Waals surface area contributed by atoms with Crippen LogP contribution in [0.5, 0.6) is 11.5 Å². The van der Waals surface area contributed by atoms with Gasteiger partial charge in [-0.05, 0) is 89.8 Å². The van der Waals surface area contributed by atoms with Crippen molar-refractivity contribution in [1.29, 1.82) is 0 Å². The quantitative estimate of drug-likeness (QED) is 0.144. The number of fused-ring (bicyclic) bond motifs is 3. The number of aliphatic hydroxyl groups excluding tert-OH is 1. The zero-order valence-corrected chi connectivity index (χ0v) is 34.5. The van der Waals surface area contributed by atoms with E-state index in [-0.39, 0.29) is 42.3 Å². The molecule has 1 fully saturated rings. The van der Waals surface area contributed by atoms with E-state index in [1.54, 1.807) is 54.4 Å². The van der Waals surface area contributed by atoms with Crippen LogP contribution in [0.15, 0.2) is 121 Å². The van der Waals surface area contributed by atoms with E-state index in [2.05, 4.69) is 43.5 Å². The van der Waals surface area contributed by atoms with Crippen molar-refractivity contribution in [2.75, 3.05) is 31.0 Å². The van der Waals surface area contributed by atoms with Crippen molar-refractivity contribution in [3.8, 4) is 11.5 Å². The van der Waals surface area contributed by atoms with Crippen molar-refractivity contribution in [2.45, 2.75) is 62.7 Å². The van der Waals surface area contributed by atoms with E-state index in [0.29, 0.717) is 46.9 Å². The van der Waals surface area contributed by atoms with Crippen molar-refractivity contribution in [3.63, 3.8) is 0 Å². The van der Waals surface area contributed by atoms with Gasteiger partial charge < -0.3 is 29.5 Å². The van der Waals surface area contributed by atoms with Crippen molar-refractivity contribution >= 4 is 48.0 Å². The Kier molecular flexibility index (Phi) is 10.5. The average Bonchev–Trinajstić information content (AvgIpc) is 3.69. The molecule has 3 amide bonds. The number of hydrogen-bond acceptors (Lipinski definition) is 7. The second-order valence-electron chi connectivity index (χ2n) is 16.1. The van der Waals surface area contributed by atoms with E-state index in [4.69, 9.17) is 14.2 Å². The van der Waals surface area contributed by atoms with Crippen LogP contribution in [0.2, 0.25) is 18.6 Å². The van der Waals surface area contributed by atoms with E-state index in [0.717, 1.165) is 22.1 Å². The molecular weight excluding hydrogens is 747 g/mol. The first-order valence-corrected chi connectivity index (χ1v) is 22.9. The normalized spacial score (nSPS) is 22.4. The van der Waals surface area contributed by atoms with E-state index in [1.807, 2.05) is 72.8 Å². The molecule has 10 nitrogen and oxygen atoms in total. The fraction of sp³-hybridized carbons (Fsp3) is 0.298. The van der Waals surface area contributed by atoms with E-state index < -0.39 is 25.7 Å². The number of carbonyl (C=O) groups is 3. The summed E-state index contributed by atoms with van der Waals surface area (Å²) < 4.78 is 18.1. The molecule has 298 valence electrons. The summed E-state index contributed by atoms with van der Waals surface area (Å²) in [6.07, 6.45) is -0.0557. The molecule has 0 saturated carbocycles. The van der Waals surface area contributed by atoms with Gasteiger partial charge in [-0.2, -0.15) is 0 Å². The number of anilines is 3. The number of ether oxygens (including phenoxy) is 3. The molecule has 0 unspecified atom stereocenters. The van der Waals surface area contributed by atoms with E-state index in [1.165, 1.54) is 0 Å². The van der Waals surface area contributed by atoms with Crippen molar-refractivity contribution in [2.24, 2.45) is 5.92 Å². The Labute approximate surface area is 340 Å². The number of para-hydroxylation sites is 1. The summed E-state index contributed by atoms with van der Waals surface area (Å²) in [4.78, 5) is 47.2. The van der Waals surface area contributed by atoms with Crippen LogP contribution in [0, 0.1) is 5.92 Å². The summed E-state index contributed by atoms with van der Waals surface area (Å²) in [5.74, 6) is 0.325. The lowest BCUT2D eigenvalue weighted by Crippen LogP contribution is -2.52. The molecule has 8 rings (SSSR count). The predicted molar refractivity (Wildman–Crippen MR) is 227 cm³/mol. The SMILES string of the molecule is COc1ccc(C(=O)Nc2ccc3c(c2)[C@]2(O[C@@H](CC(=O)N4Cc5ccccc5C[C@H]4CO)[C@H]([Si](C)(C)c4ccc(OC)cc4)[C@H]2C)C(=O)N3c2ccccc2)cc1. The third-order valence-electron chi connectivity index (χ3n) is 12.6. The van der Waals surface area contributed by atoms with E-state index >= 15 is 4.79 Å². The van der Waals surface area contributed by atoms with Gasteiger partial charge in [-0.3, -0.25) is 19.3 Å². The van der Waals surface area contributed by atoms with Crippen LogP contribution in [0.4, 0.5) is 17.1 Å². The zero-order chi connectivity index (χ0) is 40.8. The molecule has 5 atom stereocenters. The lowest BCUT2D eigenvalue weighted by Gasteiger charge is -2.39. The molecule has 58 heavy (non-hydrogen) atoms. The number of carbonyl (C=O) groups excluding carboxylic acids is 3. The van der Waals surface area contributed by atoms with Gasteiger partial charge in [0.1, 0.15) is 11.5 Å². The highest BCUT2D eigenvalue weighted by Crippen LogP contribution is 2.61. The number of aliphatic hydroxyl groups is 1. The standard InChI is InChI=1S/C47H49N3O7Si/c1-30-44(58(4,5)39-22-20-38(56-3)21-23-39)42(27-43(52)49-28-33-12-10-9-11-32(33)25-36(49)29-51)57-47(30)40-26-34(48-45(53)31-15-18-37(55-2)19-16-31)17-24-41(40)50(46(47)54)35-13-7-6-8-14-35/h6-24,26,30,36,42,44,51H,25,27-29H2,1-5H3,(H,48,53)/t30-,36+,42+,44-,47+/m1/s1. The maximum Gasteiger partial charge on any atom is 0.268 e. The Hall–Kier alpha value is -5.75. The van der Waals surface area contributed by atoms with Gasteiger partial charge in [0.25, 0.3) is 11.8 Å². The molecule has 11 heteroatoms. The second kappa shape index (κ2) is 15.5. The highest BCUT2D eigenvalue weighted by atomic mass is 28.3. The first-order valence-electron chi connectivity index (χ1n) is 19.8. The third-order valence-corrected chi connectivity index (χ3v) is 17.0. The Bertz CT molecular complexity index is 2340. The number of benzene rings is 5. The molecule has 0 bridgehead atoms. The minimum atomic E-state index is -2.60. The van der Waals surface area contributed by atoms with Gasteiger partial charge in [-0.1, -0.05) is 79.8 Å². The second-order valence-corrected chi connectivity index (χ2v) is 20.8. The molecule has 1 spiro atoms. The van der Waals surface area contributed by atoms with Crippen molar-refractivity contribution in [3.05, 3.63) is 144 Å². The highest BCUT2D eigenvalue weighted by molar-refractivity contribution is 6.91. The van der Waals surface area contributed by atoms with Crippen LogP contribution in [-0.4, -0.2) is 68.8 Å². The lowest BCUT2D eigenvalue weighted by molar-refractivity contribution is -0.150. The largest absolute Gasteiger partial charge is 0.497 e. The molecule has 5 aromatic carbocycles. The number of hydrogen-bond donors (Lipinski definition) is 2. The highest BCUT2D eigenvalue weighted by Gasteiger charge is 2.67. The van der Waals surface area contributed by atoms with Gasteiger partial charge in [0, 0.05) is 35.0 Å². The summed E-state index contributed by atoms with van der Waals surface area (Å²) in [5, 5.41) is 14.7. The van der Waals surface area contributed by atoms with Crippen LogP contribution < -0.4 is 24.9 Å². The maximum absolute atomic E-state index is 15.4. The minimum absolute atomic E-state index is 0.0316. The topological polar surface area (TPSA) is 118 Å². The Morgan fingerprint density at radius 1 is 0.862 bits per heavy atom. The Morgan fingerprint density at radius 2 is 1.50 bits per heavy atom. The van der Waals surface area contributed by atoms with Gasteiger partial charge in [0.05, 0.1) is 53.2 Å². The molecule has 2 N–H and O–H groups in total. The molecule has 0 aliphatic carbocycles. The van der Waals surface area contributed by atoms with Crippen LogP contribution in [0.1, 0.15) is 40.4 Å². The smallest absolute Gasteiger partial charge is 0.268 e. The third kappa shape index (κ3) is 6.66. The summed E-state index contributed by atoms with van der Waals surface area (Å²) in [6.45, 7) is 6.87. The molecule has 1 saturated heterocycles. The average molecular weight is 796 g/mol. The summed E-state index contributed by atoms with van der Waals surface area (Å²) >= 11 is 0. The van der Waals surface area contributed by atoms with Gasteiger partial charge in [0.15, 0.2) is 5.60 Å². The predicted octanol–water partition coefficient (Wildman–Crippen LogP) is 7.19. The summed E-state index contributed by atoms with van der Waals surface area (Å²) in [7, 11) is 0.621. The van der Waals surface area contributed by atoms with Crippen LogP contribution in [0.25, 0.3) is 0 Å². The molecule has 5 aromatic rings. The number of amides is 3. The van der Waals surface area contributed by atoms with Gasteiger partial charge in [-0.15, -0.1) is 0 Å². The van der Waals surface area contributed by atoms with Gasteiger partial charge in [0.2, 0.25) is 5.91 Å². The van der Waals surface area contributed by atoms with Gasteiger partial charge in [-0.25, -0.2) is 0 Å². The summed E-state index contributed by atoms with van der Waals surface area (Å²) in [6, 6.07) is 37.7. The van der Waals surface area contributed by atoms with Crippen LogP contribution >= 0.6 is 0 Å². The first kappa shape index (κ1) is 39.1. The molecular formula is C47H49N3O7Si. The Morgan fingerprint density at radius 3 is 2.16 bits per heavy atom. The molecule has 0 aromatic heterocycles. The van der Waals surface area contributed by atoms with E-state index in [9.17, 15) is 14.7 Å². The number of rotatable bonds is 10. The Balaban J connectivity index is 1.22. The lowest BCUT2D eigenvalue weighted by atomic mass is 9.82. The minimum Gasteiger partial charge on any atom is -0.497 e. The monoisotopic (exact) mass is 795 g/mol. The molecule has 3 heterocycles. The van der Waals surface area contributed by atoms with Crippen LogP contribution in [-0.2, 0) is 32.9 Å². The summed E-state index contributed by atoms with van der Waals surface area (Å²) in [5.41, 5.74) is 3.46. The number of nitrogens with zero attached hydrogens (tertiary/aromatic N) is 2.